The highest BCUT2D eigenvalue weighted by Crippen LogP contribution is 2.27. The van der Waals surface area contributed by atoms with Crippen molar-refractivity contribution in [2.75, 3.05) is 0 Å². The Hall–Kier alpha value is -1.83. The van der Waals surface area contributed by atoms with Crippen LogP contribution in [0.1, 0.15) is 241 Å². The van der Waals surface area contributed by atoms with E-state index in [0.29, 0.717) is 5.56 Å². The summed E-state index contributed by atoms with van der Waals surface area (Å²) < 4.78 is 0. The zero-order chi connectivity index (χ0) is 35.0. The monoisotopic (exact) mass is 677 g/mol. The Kier molecular flexibility index (Phi) is 27.4. The van der Waals surface area contributed by atoms with E-state index in [2.05, 4.69) is 32.0 Å². The molecule has 0 heterocycles. The molecule has 2 rings (SSSR count). The molecule has 49 heavy (non-hydrogen) atoms. The van der Waals surface area contributed by atoms with Gasteiger partial charge in [-0.1, -0.05) is 231 Å². The van der Waals surface area contributed by atoms with Gasteiger partial charge in [-0.3, -0.25) is 0 Å². The molecular weight excluding hydrogens is 597 g/mol. The molecule has 1 N–H and O–H groups in total. The van der Waals surface area contributed by atoms with E-state index in [0.717, 1.165) is 24.6 Å². The maximum atomic E-state index is 12.2. The largest absolute Gasteiger partial charge is 0.478 e. The highest BCUT2D eigenvalue weighted by atomic mass is 16.4. The second kappa shape index (κ2) is 30.9. The summed E-state index contributed by atoms with van der Waals surface area (Å²) in [6.07, 6.45) is 46.3. The standard InChI is InChI=1S/C47H80O2/c1-3-5-7-9-11-13-15-17-19-21-23-25-27-29-31-33-36-42-40-45-43(38-35-39-44(45)46(41-42)47(48)49)37-34-32-30-28-26-24-22-20-18-16-14-12-10-8-6-4-2/h35,38-41H,3-34,36-37H2,1-2H3,(H,48,49). The van der Waals surface area contributed by atoms with Gasteiger partial charge >= 0.3 is 5.97 Å². The molecule has 0 aromatic heterocycles. The van der Waals surface area contributed by atoms with Crippen LogP contribution in [0.5, 0.6) is 0 Å². The number of benzene rings is 2. The number of aryl methyl sites for hydroxylation is 2. The van der Waals surface area contributed by atoms with Crippen LogP contribution in [0.3, 0.4) is 0 Å². The number of carboxylic acids is 1. The summed E-state index contributed by atoms with van der Waals surface area (Å²) in [6, 6.07) is 10.6. The minimum Gasteiger partial charge on any atom is -0.478 e. The fraction of sp³-hybridized carbons (Fsp3) is 0.766. The Morgan fingerprint density at radius 1 is 0.429 bits per heavy atom. The molecule has 0 fully saturated rings. The lowest BCUT2D eigenvalue weighted by Gasteiger charge is -2.12. The topological polar surface area (TPSA) is 37.3 Å². The predicted molar refractivity (Wildman–Crippen MR) is 217 cm³/mol. The second-order valence-electron chi connectivity index (χ2n) is 15.6. The van der Waals surface area contributed by atoms with E-state index in [1.54, 1.807) is 0 Å². The average molecular weight is 677 g/mol. The van der Waals surface area contributed by atoms with Crippen molar-refractivity contribution < 1.29 is 9.90 Å². The van der Waals surface area contributed by atoms with Crippen LogP contribution < -0.4 is 0 Å². The van der Waals surface area contributed by atoms with E-state index in [1.807, 2.05) is 12.1 Å². The van der Waals surface area contributed by atoms with E-state index < -0.39 is 5.97 Å². The van der Waals surface area contributed by atoms with Crippen LogP contribution in [0.15, 0.2) is 30.3 Å². The lowest BCUT2D eigenvalue weighted by molar-refractivity contribution is 0.0699. The minimum atomic E-state index is -0.793. The van der Waals surface area contributed by atoms with Crippen molar-refractivity contribution in [3.63, 3.8) is 0 Å². The average Bonchev–Trinajstić information content (AvgIpc) is 3.11. The molecule has 0 amide bonds. The number of carbonyl (C=O) groups is 1. The molecule has 2 heteroatoms. The summed E-state index contributed by atoms with van der Waals surface area (Å²) in [5.41, 5.74) is 3.02. The molecule has 0 radical (unpaired) electrons. The Labute approximate surface area is 305 Å². The van der Waals surface area contributed by atoms with Crippen molar-refractivity contribution in [2.24, 2.45) is 0 Å². The van der Waals surface area contributed by atoms with Crippen molar-refractivity contribution in [1.29, 1.82) is 0 Å². The normalized spacial score (nSPS) is 11.6. The molecule has 2 aromatic carbocycles. The van der Waals surface area contributed by atoms with Gasteiger partial charge in [-0.25, -0.2) is 4.79 Å². The SMILES string of the molecule is CCCCCCCCCCCCCCCCCCc1cc(C(=O)O)c2cccc(CCCCCCCCCCCCCCCCCC)c2c1. The van der Waals surface area contributed by atoms with Gasteiger partial charge in [-0.15, -0.1) is 0 Å². The summed E-state index contributed by atoms with van der Waals surface area (Å²) in [6.45, 7) is 4.59. The number of carboxylic acid groups (broad SMARTS) is 1. The minimum absolute atomic E-state index is 0.484. The van der Waals surface area contributed by atoms with Gasteiger partial charge in [-0.05, 0) is 53.6 Å². The van der Waals surface area contributed by atoms with E-state index in [4.69, 9.17) is 0 Å². The molecular formula is C47H80O2. The van der Waals surface area contributed by atoms with Crippen LogP contribution in [-0.4, -0.2) is 11.1 Å². The van der Waals surface area contributed by atoms with Gasteiger partial charge in [0.2, 0.25) is 0 Å². The first kappa shape index (κ1) is 43.3. The highest BCUT2D eigenvalue weighted by Gasteiger charge is 2.13. The molecule has 0 spiro atoms. The Balaban J connectivity index is 1.58. The Morgan fingerprint density at radius 3 is 1.14 bits per heavy atom. The van der Waals surface area contributed by atoms with Crippen LogP contribution in [0.4, 0.5) is 0 Å². The zero-order valence-electron chi connectivity index (χ0n) is 32.8. The van der Waals surface area contributed by atoms with Gasteiger partial charge in [0, 0.05) is 0 Å². The second-order valence-corrected chi connectivity index (χ2v) is 15.6. The summed E-state index contributed by atoms with van der Waals surface area (Å²) in [5, 5.41) is 12.1. The van der Waals surface area contributed by atoms with E-state index in [-0.39, 0.29) is 0 Å². The first-order valence-electron chi connectivity index (χ1n) is 21.9. The number of aromatic carboxylic acids is 1. The number of fused-ring (bicyclic) bond motifs is 1. The number of rotatable bonds is 35. The third-order valence-electron chi connectivity index (χ3n) is 11.0. The number of unbranched alkanes of at least 4 members (excludes halogenated alkanes) is 30. The summed E-state index contributed by atoms with van der Waals surface area (Å²) in [5.74, 6) is -0.793. The molecule has 0 saturated heterocycles. The number of hydrogen-bond acceptors (Lipinski definition) is 1. The van der Waals surface area contributed by atoms with Gasteiger partial charge in [-0.2, -0.15) is 0 Å². The lowest BCUT2D eigenvalue weighted by atomic mass is 9.92. The Morgan fingerprint density at radius 2 is 0.776 bits per heavy atom. The lowest BCUT2D eigenvalue weighted by Crippen LogP contribution is -2.01. The molecule has 280 valence electrons. The molecule has 0 aliphatic heterocycles. The maximum absolute atomic E-state index is 12.2. The molecule has 2 nitrogen and oxygen atoms in total. The zero-order valence-corrected chi connectivity index (χ0v) is 32.8. The van der Waals surface area contributed by atoms with Gasteiger partial charge in [0.05, 0.1) is 5.56 Å². The molecule has 0 bridgehead atoms. The predicted octanol–water partition coefficient (Wildman–Crippen LogP) is 16.1. The highest BCUT2D eigenvalue weighted by molar-refractivity contribution is 6.05. The molecule has 0 aliphatic rings. The summed E-state index contributed by atoms with van der Waals surface area (Å²) >= 11 is 0. The van der Waals surface area contributed by atoms with Crippen molar-refractivity contribution >= 4 is 16.7 Å². The van der Waals surface area contributed by atoms with E-state index >= 15 is 0 Å². The van der Waals surface area contributed by atoms with Crippen molar-refractivity contribution in [3.8, 4) is 0 Å². The van der Waals surface area contributed by atoms with Crippen LogP contribution >= 0.6 is 0 Å². The molecule has 0 atom stereocenters. The van der Waals surface area contributed by atoms with Crippen molar-refractivity contribution in [2.45, 2.75) is 232 Å². The Bertz CT molecular complexity index is 1060. The van der Waals surface area contributed by atoms with Crippen LogP contribution in [0.2, 0.25) is 0 Å². The van der Waals surface area contributed by atoms with Gasteiger partial charge in [0.1, 0.15) is 0 Å². The summed E-state index contributed by atoms with van der Waals surface area (Å²) in [7, 11) is 0. The molecule has 0 unspecified atom stereocenters. The first-order chi connectivity index (χ1) is 24.2. The van der Waals surface area contributed by atoms with Gasteiger partial charge < -0.3 is 5.11 Å². The quantitative estimate of drug-likeness (QED) is 0.0738. The fourth-order valence-electron chi connectivity index (χ4n) is 7.79. The summed E-state index contributed by atoms with van der Waals surface area (Å²) in [4.78, 5) is 12.2. The smallest absolute Gasteiger partial charge is 0.336 e. The molecule has 0 aliphatic carbocycles. The van der Waals surface area contributed by atoms with Crippen LogP contribution in [-0.2, 0) is 12.8 Å². The van der Waals surface area contributed by atoms with Crippen molar-refractivity contribution in [1.82, 2.24) is 0 Å². The fourth-order valence-corrected chi connectivity index (χ4v) is 7.79. The third-order valence-corrected chi connectivity index (χ3v) is 11.0. The third kappa shape index (κ3) is 21.9. The van der Waals surface area contributed by atoms with Crippen LogP contribution in [0.25, 0.3) is 10.8 Å². The van der Waals surface area contributed by atoms with Crippen LogP contribution in [0, 0.1) is 0 Å². The maximum Gasteiger partial charge on any atom is 0.336 e. The molecule has 0 saturated carbocycles. The molecule has 2 aromatic rings. The van der Waals surface area contributed by atoms with E-state index in [1.165, 1.54) is 216 Å². The number of hydrogen-bond donors (Lipinski definition) is 1. The van der Waals surface area contributed by atoms with Gasteiger partial charge in [0.15, 0.2) is 0 Å². The van der Waals surface area contributed by atoms with Gasteiger partial charge in [0.25, 0.3) is 0 Å². The van der Waals surface area contributed by atoms with E-state index in [9.17, 15) is 9.90 Å². The van der Waals surface area contributed by atoms with Crippen molar-refractivity contribution in [3.05, 3.63) is 47.0 Å². The first-order valence-corrected chi connectivity index (χ1v) is 21.9.